The highest BCUT2D eigenvalue weighted by Gasteiger charge is 2.61. The van der Waals surface area contributed by atoms with E-state index in [-0.39, 0.29) is 28.8 Å². The second kappa shape index (κ2) is 4.28. The van der Waals surface area contributed by atoms with Gasteiger partial charge < -0.3 is 9.84 Å². The predicted octanol–water partition coefficient (Wildman–Crippen LogP) is 1.85. The summed E-state index contributed by atoms with van der Waals surface area (Å²) in [5.41, 5.74) is 0.0908. The topological polar surface area (TPSA) is 63.6 Å². The Kier molecular flexibility index (Phi) is 3.41. The average Bonchev–Trinajstić information content (AvgIpc) is 2.68. The van der Waals surface area contributed by atoms with E-state index in [2.05, 4.69) is 0 Å². The van der Waals surface area contributed by atoms with Gasteiger partial charge in [0.15, 0.2) is 0 Å². The van der Waals surface area contributed by atoms with Crippen LogP contribution in [0.3, 0.4) is 0 Å². The molecule has 0 spiro atoms. The van der Waals surface area contributed by atoms with Crippen molar-refractivity contribution in [3.63, 3.8) is 0 Å². The number of carboxylic acid groups (broad SMARTS) is 1. The van der Waals surface area contributed by atoms with E-state index < -0.39 is 5.97 Å². The van der Waals surface area contributed by atoms with Crippen LogP contribution < -0.4 is 0 Å². The Balaban J connectivity index is 2.75. The maximum absolute atomic E-state index is 11.6. The van der Waals surface area contributed by atoms with Crippen molar-refractivity contribution in [2.75, 3.05) is 6.61 Å². The maximum atomic E-state index is 11.6. The lowest BCUT2D eigenvalue weighted by atomic mass is 10.1. The van der Waals surface area contributed by atoms with Crippen molar-refractivity contribution in [1.29, 1.82) is 0 Å². The predicted molar refractivity (Wildman–Crippen MR) is 58.8 cm³/mol. The summed E-state index contributed by atoms with van der Waals surface area (Å²) < 4.78 is 4.96. The number of ether oxygens (including phenoxy) is 1. The van der Waals surface area contributed by atoms with Crippen LogP contribution in [0.1, 0.15) is 27.7 Å². The SMILES string of the molecule is CCOC(=O)C1C(/C=C(\C)C(=O)O)C1(C)C. The van der Waals surface area contributed by atoms with E-state index in [1.54, 1.807) is 19.9 Å². The zero-order chi connectivity index (χ0) is 12.5. The molecular formula is C12H18O4. The summed E-state index contributed by atoms with van der Waals surface area (Å²) >= 11 is 0. The molecule has 1 N–H and O–H groups in total. The Bertz CT molecular complexity index is 341. The molecule has 1 saturated carbocycles. The van der Waals surface area contributed by atoms with Gasteiger partial charge in [-0.1, -0.05) is 19.9 Å². The van der Waals surface area contributed by atoms with Gasteiger partial charge in [0.25, 0.3) is 0 Å². The summed E-state index contributed by atoms with van der Waals surface area (Å²) in [5, 5.41) is 8.77. The minimum atomic E-state index is -0.940. The van der Waals surface area contributed by atoms with Crippen LogP contribution in [-0.2, 0) is 14.3 Å². The summed E-state index contributed by atoms with van der Waals surface area (Å²) in [6.07, 6.45) is 1.66. The second-order valence-corrected chi connectivity index (χ2v) is 4.73. The zero-order valence-corrected chi connectivity index (χ0v) is 10.1. The lowest BCUT2D eigenvalue weighted by Crippen LogP contribution is -2.10. The molecule has 4 nitrogen and oxygen atoms in total. The smallest absolute Gasteiger partial charge is 0.330 e. The molecule has 0 heterocycles. The molecule has 0 aromatic rings. The molecule has 0 saturated heterocycles. The third-order valence-electron chi connectivity index (χ3n) is 3.22. The number of allylic oxidation sites excluding steroid dienone is 1. The molecule has 2 unspecified atom stereocenters. The first kappa shape index (κ1) is 12.7. The van der Waals surface area contributed by atoms with Crippen LogP contribution in [-0.4, -0.2) is 23.7 Å². The van der Waals surface area contributed by atoms with E-state index >= 15 is 0 Å². The highest BCUT2D eigenvalue weighted by molar-refractivity contribution is 5.86. The van der Waals surface area contributed by atoms with E-state index in [0.717, 1.165) is 0 Å². The number of rotatable bonds is 4. The number of aliphatic carboxylic acids is 1. The van der Waals surface area contributed by atoms with E-state index in [1.165, 1.54) is 0 Å². The van der Waals surface area contributed by atoms with E-state index in [4.69, 9.17) is 9.84 Å². The van der Waals surface area contributed by atoms with E-state index in [0.29, 0.717) is 6.61 Å². The fraction of sp³-hybridized carbons (Fsp3) is 0.667. The highest BCUT2D eigenvalue weighted by Crippen LogP contribution is 2.59. The molecule has 4 heteroatoms. The summed E-state index contributed by atoms with van der Waals surface area (Å²) in [6, 6.07) is 0. The minimum absolute atomic E-state index is 0.0253. The number of hydrogen-bond acceptors (Lipinski definition) is 3. The fourth-order valence-electron chi connectivity index (χ4n) is 2.01. The molecule has 0 aliphatic heterocycles. The number of carboxylic acids is 1. The molecule has 0 amide bonds. The lowest BCUT2D eigenvalue weighted by molar-refractivity contribution is -0.145. The van der Waals surface area contributed by atoms with Gasteiger partial charge in [-0.05, 0) is 25.2 Å². The van der Waals surface area contributed by atoms with Crippen LogP contribution in [0.2, 0.25) is 0 Å². The van der Waals surface area contributed by atoms with Gasteiger partial charge in [0, 0.05) is 5.57 Å². The van der Waals surface area contributed by atoms with Crippen molar-refractivity contribution < 1.29 is 19.4 Å². The van der Waals surface area contributed by atoms with Crippen molar-refractivity contribution in [2.24, 2.45) is 17.3 Å². The Morgan fingerprint density at radius 3 is 2.44 bits per heavy atom. The number of esters is 1. The molecule has 0 bridgehead atoms. The standard InChI is InChI=1S/C12H18O4/c1-5-16-11(15)9-8(12(9,3)4)6-7(2)10(13)14/h6,8-9H,5H2,1-4H3,(H,13,14)/b7-6+. The van der Waals surface area contributed by atoms with Gasteiger partial charge in [-0.15, -0.1) is 0 Å². The molecule has 1 aliphatic rings. The monoisotopic (exact) mass is 226 g/mol. The summed E-state index contributed by atoms with van der Waals surface area (Å²) in [4.78, 5) is 22.3. The van der Waals surface area contributed by atoms with Crippen molar-refractivity contribution in [3.8, 4) is 0 Å². The number of carbonyl (C=O) groups is 2. The van der Waals surface area contributed by atoms with Crippen LogP contribution in [0.25, 0.3) is 0 Å². The minimum Gasteiger partial charge on any atom is -0.478 e. The quantitative estimate of drug-likeness (QED) is 0.587. The molecule has 1 fully saturated rings. The Labute approximate surface area is 95.3 Å². The molecule has 2 atom stereocenters. The van der Waals surface area contributed by atoms with Crippen LogP contribution in [0.5, 0.6) is 0 Å². The van der Waals surface area contributed by atoms with Crippen LogP contribution in [0.4, 0.5) is 0 Å². The van der Waals surface area contributed by atoms with Crippen molar-refractivity contribution >= 4 is 11.9 Å². The Morgan fingerprint density at radius 1 is 1.44 bits per heavy atom. The number of hydrogen-bond donors (Lipinski definition) is 1. The number of carbonyl (C=O) groups excluding carboxylic acids is 1. The highest BCUT2D eigenvalue weighted by atomic mass is 16.5. The normalized spacial score (nSPS) is 27.4. The van der Waals surface area contributed by atoms with Crippen LogP contribution in [0, 0.1) is 17.3 Å². The van der Waals surface area contributed by atoms with E-state index in [1.807, 2.05) is 13.8 Å². The van der Waals surface area contributed by atoms with Gasteiger partial charge in [-0.25, -0.2) is 4.79 Å². The first-order valence-electron chi connectivity index (χ1n) is 5.40. The molecular weight excluding hydrogens is 208 g/mol. The molecule has 0 aromatic carbocycles. The van der Waals surface area contributed by atoms with Gasteiger partial charge >= 0.3 is 11.9 Å². The van der Waals surface area contributed by atoms with Gasteiger partial charge in [0.05, 0.1) is 12.5 Å². The molecule has 1 aliphatic carbocycles. The summed E-state index contributed by atoms with van der Waals surface area (Å²) in [6.45, 7) is 7.56. The zero-order valence-electron chi connectivity index (χ0n) is 10.1. The maximum Gasteiger partial charge on any atom is 0.330 e. The average molecular weight is 226 g/mol. The largest absolute Gasteiger partial charge is 0.478 e. The van der Waals surface area contributed by atoms with Crippen molar-refractivity contribution in [3.05, 3.63) is 11.6 Å². The van der Waals surface area contributed by atoms with Crippen LogP contribution >= 0.6 is 0 Å². The summed E-state index contributed by atoms with van der Waals surface area (Å²) in [7, 11) is 0. The first-order chi connectivity index (χ1) is 7.32. The van der Waals surface area contributed by atoms with Crippen LogP contribution in [0.15, 0.2) is 11.6 Å². The molecule has 0 aromatic heterocycles. The molecule has 16 heavy (non-hydrogen) atoms. The molecule has 90 valence electrons. The van der Waals surface area contributed by atoms with Crippen molar-refractivity contribution in [2.45, 2.75) is 27.7 Å². The summed E-state index contributed by atoms with van der Waals surface area (Å²) in [5.74, 6) is -1.40. The third kappa shape index (κ3) is 2.26. The van der Waals surface area contributed by atoms with E-state index in [9.17, 15) is 9.59 Å². The van der Waals surface area contributed by atoms with Crippen molar-refractivity contribution in [1.82, 2.24) is 0 Å². The first-order valence-corrected chi connectivity index (χ1v) is 5.40. The van der Waals surface area contributed by atoms with Gasteiger partial charge in [-0.3, -0.25) is 4.79 Å². The third-order valence-corrected chi connectivity index (χ3v) is 3.22. The van der Waals surface area contributed by atoms with Gasteiger partial charge in [0.1, 0.15) is 0 Å². The Morgan fingerprint density at radius 2 is 2.00 bits per heavy atom. The molecule has 1 rings (SSSR count). The van der Waals surface area contributed by atoms with Gasteiger partial charge in [0.2, 0.25) is 0 Å². The second-order valence-electron chi connectivity index (χ2n) is 4.73. The Hall–Kier alpha value is -1.32. The van der Waals surface area contributed by atoms with Gasteiger partial charge in [-0.2, -0.15) is 0 Å². The molecule has 0 radical (unpaired) electrons. The lowest BCUT2D eigenvalue weighted by Gasteiger charge is -2.01. The fourth-order valence-corrected chi connectivity index (χ4v) is 2.01.